The molecule has 0 unspecified atom stereocenters. The van der Waals surface area contributed by atoms with E-state index in [2.05, 4.69) is 4.98 Å². The lowest BCUT2D eigenvalue weighted by atomic mass is 10.0. The molecule has 0 saturated heterocycles. The third-order valence-corrected chi connectivity index (χ3v) is 3.08. The number of carbonyl (C=O) groups excluding carboxylic acids is 1. The molecule has 1 aliphatic rings. The highest BCUT2D eigenvalue weighted by molar-refractivity contribution is 5.90. The molecule has 2 heterocycles. The van der Waals surface area contributed by atoms with Crippen molar-refractivity contribution in [2.24, 2.45) is 0 Å². The largest absolute Gasteiger partial charge is 0.459 e. The molecule has 4 nitrogen and oxygen atoms in total. The monoisotopic (exact) mass is 269 g/mol. The van der Waals surface area contributed by atoms with Gasteiger partial charge in [0.05, 0.1) is 11.7 Å². The molecule has 0 spiro atoms. The van der Waals surface area contributed by atoms with Crippen LogP contribution in [0.25, 0.3) is 0 Å². The van der Waals surface area contributed by atoms with Gasteiger partial charge in [-0.15, -0.1) is 0 Å². The SMILES string of the molecule is CC(C)OC(=O)c1ccc2c(c1)Cc1cccnc1O2. The lowest BCUT2D eigenvalue weighted by Gasteiger charge is -2.19. The molecule has 1 aromatic heterocycles. The van der Waals surface area contributed by atoms with Crippen molar-refractivity contribution in [3.8, 4) is 11.6 Å². The number of esters is 1. The predicted octanol–water partition coefficient (Wildman–Crippen LogP) is 3.34. The number of hydrogen-bond donors (Lipinski definition) is 0. The number of carbonyl (C=O) groups is 1. The second-order valence-electron chi connectivity index (χ2n) is 5.02. The van der Waals surface area contributed by atoms with Gasteiger partial charge in [0, 0.05) is 23.7 Å². The first-order valence-electron chi connectivity index (χ1n) is 6.59. The molecule has 0 N–H and O–H groups in total. The molecule has 2 aromatic rings. The summed E-state index contributed by atoms with van der Waals surface area (Å²) in [6.07, 6.45) is 2.29. The minimum Gasteiger partial charge on any atom is -0.459 e. The van der Waals surface area contributed by atoms with Crippen molar-refractivity contribution >= 4 is 5.97 Å². The highest BCUT2D eigenvalue weighted by atomic mass is 16.5. The Labute approximate surface area is 117 Å². The van der Waals surface area contributed by atoms with Crippen molar-refractivity contribution < 1.29 is 14.3 Å². The highest BCUT2D eigenvalue weighted by Crippen LogP contribution is 2.35. The molecule has 1 aromatic carbocycles. The van der Waals surface area contributed by atoms with Gasteiger partial charge in [0.1, 0.15) is 5.75 Å². The molecule has 0 aliphatic carbocycles. The normalized spacial score (nSPS) is 12.3. The summed E-state index contributed by atoms with van der Waals surface area (Å²) in [5.41, 5.74) is 2.55. The topological polar surface area (TPSA) is 48.4 Å². The zero-order chi connectivity index (χ0) is 14.1. The fourth-order valence-electron chi connectivity index (χ4n) is 2.19. The van der Waals surface area contributed by atoms with Gasteiger partial charge < -0.3 is 9.47 Å². The molecular weight excluding hydrogens is 254 g/mol. The maximum Gasteiger partial charge on any atom is 0.338 e. The lowest BCUT2D eigenvalue weighted by molar-refractivity contribution is 0.0378. The second kappa shape index (κ2) is 4.96. The van der Waals surface area contributed by atoms with Gasteiger partial charge in [0.25, 0.3) is 0 Å². The molecule has 0 fully saturated rings. The van der Waals surface area contributed by atoms with Crippen LogP contribution in [0, 0.1) is 0 Å². The van der Waals surface area contributed by atoms with E-state index in [0.717, 1.165) is 16.9 Å². The summed E-state index contributed by atoms with van der Waals surface area (Å²) in [5.74, 6) is 1.08. The van der Waals surface area contributed by atoms with Gasteiger partial charge in [-0.25, -0.2) is 9.78 Å². The number of nitrogens with zero attached hydrogens (tertiary/aromatic N) is 1. The van der Waals surface area contributed by atoms with Gasteiger partial charge in [-0.2, -0.15) is 0 Å². The first-order chi connectivity index (χ1) is 9.63. The predicted molar refractivity (Wildman–Crippen MR) is 74.1 cm³/mol. The zero-order valence-corrected chi connectivity index (χ0v) is 11.4. The highest BCUT2D eigenvalue weighted by Gasteiger charge is 2.19. The molecule has 0 amide bonds. The molecule has 20 heavy (non-hydrogen) atoms. The molecule has 0 bridgehead atoms. The van der Waals surface area contributed by atoms with Crippen LogP contribution >= 0.6 is 0 Å². The van der Waals surface area contributed by atoms with Crippen molar-refractivity contribution in [1.29, 1.82) is 0 Å². The zero-order valence-electron chi connectivity index (χ0n) is 11.4. The van der Waals surface area contributed by atoms with Crippen LogP contribution in [0.5, 0.6) is 11.6 Å². The average Bonchev–Trinajstić information content (AvgIpc) is 2.43. The van der Waals surface area contributed by atoms with Gasteiger partial charge in [0.2, 0.25) is 5.88 Å². The van der Waals surface area contributed by atoms with E-state index in [-0.39, 0.29) is 12.1 Å². The summed E-state index contributed by atoms with van der Waals surface area (Å²) in [6, 6.07) is 9.20. The summed E-state index contributed by atoms with van der Waals surface area (Å²) in [7, 11) is 0. The minimum absolute atomic E-state index is 0.125. The van der Waals surface area contributed by atoms with Crippen LogP contribution in [0.4, 0.5) is 0 Å². The second-order valence-corrected chi connectivity index (χ2v) is 5.02. The maximum atomic E-state index is 11.9. The van der Waals surface area contributed by atoms with E-state index < -0.39 is 0 Å². The number of rotatable bonds is 2. The van der Waals surface area contributed by atoms with E-state index in [1.54, 1.807) is 18.3 Å². The number of benzene rings is 1. The Bertz CT molecular complexity index is 665. The number of aromatic nitrogens is 1. The van der Waals surface area contributed by atoms with Crippen molar-refractivity contribution in [3.63, 3.8) is 0 Å². The van der Waals surface area contributed by atoms with Crippen molar-refractivity contribution in [2.75, 3.05) is 0 Å². The van der Waals surface area contributed by atoms with E-state index in [0.29, 0.717) is 17.9 Å². The van der Waals surface area contributed by atoms with Gasteiger partial charge >= 0.3 is 5.97 Å². The fraction of sp³-hybridized carbons (Fsp3) is 0.250. The van der Waals surface area contributed by atoms with Crippen LogP contribution in [-0.4, -0.2) is 17.1 Å². The number of pyridine rings is 1. The Morgan fingerprint density at radius 1 is 1.30 bits per heavy atom. The Balaban J connectivity index is 1.90. The third-order valence-electron chi connectivity index (χ3n) is 3.08. The van der Waals surface area contributed by atoms with Crippen LogP contribution in [0.1, 0.15) is 35.3 Å². The summed E-state index contributed by atoms with van der Waals surface area (Å²) in [6.45, 7) is 3.67. The smallest absolute Gasteiger partial charge is 0.338 e. The van der Waals surface area contributed by atoms with E-state index in [1.165, 1.54) is 0 Å². The molecule has 0 atom stereocenters. The standard InChI is InChI=1S/C16H15NO3/c1-10(2)19-16(18)12-5-6-14-13(9-12)8-11-4-3-7-17-15(11)20-14/h3-7,9-10H,8H2,1-2H3. The van der Waals surface area contributed by atoms with Gasteiger partial charge in [-0.3, -0.25) is 0 Å². The van der Waals surface area contributed by atoms with Crippen LogP contribution in [0.3, 0.4) is 0 Å². The first-order valence-corrected chi connectivity index (χ1v) is 6.59. The Morgan fingerprint density at radius 3 is 2.95 bits per heavy atom. The maximum absolute atomic E-state index is 11.9. The summed E-state index contributed by atoms with van der Waals surface area (Å²) >= 11 is 0. The van der Waals surface area contributed by atoms with Gasteiger partial charge in [-0.1, -0.05) is 6.07 Å². The summed E-state index contributed by atoms with van der Waals surface area (Å²) < 4.78 is 10.9. The number of hydrogen-bond acceptors (Lipinski definition) is 4. The number of fused-ring (bicyclic) bond motifs is 2. The Kier molecular flexibility index (Phi) is 3.14. The summed E-state index contributed by atoms with van der Waals surface area (Å²) in [4.78, 5) is 16.1. The van der Waals surface area contributed by atoms with Gasteiger partial charge in [-0.05, 0) is 38.1 Å². The minimum atomic E-state index is -0.306. The fourth-order valence-corrected chi connectivity index (χ4v) is 2.19. The molecule has 102 valence electrons. The van der Waals surface area contributed by atoms with Gasteiger partial charge in [0.15, 0.2) is 0 Å². The average molecular weight is 269 g/mol. The quantitative estimate of drug-likeness (QED) is 0.669. The lowest BCUT2D eigenvalue weighted by Crippen LogP contribution is -2.13. The molecule has 3 rings (SSSR count). The number of ether oxygens (including phenoxy) is 2. The Hall–Kier alpha value is -2.36. The van der Waals surface area contributed by atoms with Crippen molar-refractivity contribution in [1.82, 2.24) is 4.98 Å². The van der Waals surface area contributed by atoms with E-state index in [4.69, 9.17) is 9.47 Å². The third kappa shape index (κ3) is 2.37. The molecule has 4 heteroatoms. The van der Waals surface area contributed by atoms with E-state index >= 15 is 0 Å². The molecular formula is C16H15NO3. The van der Waals surface area contributed by atoms with E-state index in [1.807, 2.05) is 32.0 Å². The van der Waals surface area contributed by atoms with E-state index in [9.17, 15) is 4.79 Å². The Morgan fingerprint density at radius 2 is 2.15 bits per heavy atom. The van der Waals surface area contributed by atoms with Crippen molar-refractivity contribution in [2.45, 2.75) is 26.4 Å². The van der Waals surface area contributed by atoms with Crippen LogP contribution in [0.15, 0.2) is 36.5 Å². The molecule has 1 aliphatic heterocycles. The molecule has 0 radical (unpaired) electrons. The van der Waals surface area contributed by atoms with Crippen LogP contribution < -0.4 is 4.74 Å². The summed E-state index contributed by atoms with van der Waals surface area (Å²) in [5, 5.41) is 0. The van der Waals surface area contributed by atoms with Crippen LogP contribution in [-0.2, 0) is 11.2 Å². The van der Waals surface area contributed by atoms with Crippen molar-refractivity contribution in [3.05, 3.63) is 53.2 Å². The van der Waals surface area contributed by atoms with Crippen LogP contribution in [0.2, 0.25) is 0 Å². The first kappa shape index (κ1) is 12.7. The molecule has 0 saturated carbocycles.